The molecule has 19 heavy (non-hydrogen) atoms. The van der Waals surface area contributed by atoms with Crippen LogP contribution in [0, 0.1) is 0 Å². The second kappa shape index (κ2) is 6.69. The Balaban J connectivity index is 2.10. The summed E-state index contributed by atoms with van der Waals surface area (Å²) < 4.78 is 10.9. The first-order chi connectivity index (χ1) is 9.35. The molecule has 0 aliphatic rings. The second-order valence-electron chi connectivity index (χ2n) is 4.09. The van der Waals surface area contributed by atoms with Gasteiger partial charge in [0.25, 0.3) is 0 Å². The first-order valence-electron chi connectivity index (χ1n) is 6.42. The topological polar surface area (TPSA) is 30.5 Å². The third kappa shape index (κ3) is 3.41. The van der Waals surface area contributed by atoms with Gasteiger partial charge in [-0.15, -0.1) is 0 Å². The molecule has 0 amide bonds. The fourth-order valence-electron chi connectivity index (χ4n) is 1.93. The summed E-state index contributed by atoms with van der Waals surface area (Å²) in [6, 6.07) is 15.9. The van der Waals surface area contributed by atoms with E-state index < -0.39 is 0 Å². The predicted octanol–water partition coefficient (Wildman–Crippen LogP) is 3.71. The Morgan fingerprint density at radius 3 is 2.37 bits per heavy atom. The highest BCUT2D eigenvalue weighted by Gasteiger charge is 2.04. The summed E-state index contributed by atoms with van der Waals surface area (Å²) in [4.78, 5) is 0. The second-order valence-corrected chi connectivity index (χ2v) is 4.09. The van der Waals surface area contributed by atoms with Crippen molar-refractivity contribution >= 4 is 5.69 Å². The molecular formula is C16H19NO2. The fourth-order valence-corrected chi connectivity index (χ4v) is 1.93. The minimum absolute atomic E-state index is 0.672. The SMILES string of the molecule is CCOc1ccccc1CNc1ccccc1OC. The maximum Gasteiger partial charge on any atom is 0.141 e. The van der Waals surface area contributed by atoms with Gasteiger partial charge < -0.3 is 14.8 Å². The van der Waals surface area contributed by atoms with Gasteiger partial charge in [-0.25, -0.2) is 0 Å². The molecule has 0 fully saturated rings. The molecule has 0 atom stereocenters. The maximum absolute atomic E-state index is 5.61. The smallest absolute Gasteiger partial charge is 0.141 e. The van der Waals surface area contributed by atoms with Crippen molar-refractivity contribution in [2.75, 3.05) is 19.0 Å². The van der Waals surface area contributed by atoms with E-state index in [1.807, 2.05) is 49.4 Å². The highest BCUT2D eigenvalue weighted by molar-refractivity contribution is 5.56. The van der Waals surface area contributed by atoms with E-state index in [9.17, 15) is 0 Å². The van der Waals surface area contributed by atoms with E-state index in [0.29, 0.717) is 13.2 Å². The van der Waals surface area contributed by atoms with Gasteiger partial charge in [0.15, 0.2) is 0 Å². The Bertz CT molecular complexity index is 526. The van der Waals surface area contributed by atoms with Crippen molar-refractivity contribution in [1.82, 2.24) is 0 Å². The number of anilines is 1. The van der Waals surface area contributed by atoms with E-state index in [0.717, 1.165) is 22.7 Å². The molecular weight excluding hydrogens is 238 g/mol. The van der Waals surface area contributed by atoms with E-state index in [2.05, 4.69) is 11.4 Å². The average Bonchev–Trinajstić information content (AvgIpc) is 2.47. The monoisotopic (exact) mass is 257 g/mol. The summed E-state index contributed by atoms with van der Waals surface area (Å²) in [5.74, 6) is 1.77. The molecule has 0 unspecified atom stereocenters. The van der Waals surface area contributed by atoms with Crippen LogP contribution >= 0.6 is 0 Å². The Morgan fingerprint density at radius 1 is 0.947 bits per heavy atom. The van der Waals surface area contributed by atoms with Gasteiger partial charge in [0.1, 0.15) is 11.5 Å². The van der Waals surface area contributed by atoms with Crippen LogP contribution in [0.3, 0.4) is 0 Å². The van der Waals surface area contributed by atoms with E-state index in [1.54, 1.807) is 7.11 Å². The van der Waals surface area contributed by atoms with Crippen molar-refractivity contribution in [3.05, 3.63) is 54.1 Å². The van der Waals surface area contributed by atoms with Crippen LogP contribution in [0.2, 0.25) is 0 Å². The number of ether oxygens (including phenoxy) is 2. The largest absolute Gasteiger partial charge is 0.495 e. The number of nitrogens with one attached hydrogen (secondary N) is 1. The van der Waals surface area contributed by atoms with Crippen molar-refractivity contribution < 1.29 is 9.47 Å². The zero-order chi connectivity index (χ0) is 13.5. The van der Waals surface area contributed by atoms with Gasteiger partial charge in [-0.05, 0) is 25.1 Å². The van der Waals surface area contributed by atoms with Crippen molar-refractivity contribution in [2.24, 2.45) is 0 Å². The van der Waals surface area contributed by atoms with Crippen molar-refractivity contribution in [3.8, 4) is 11.5 Å². The molecule has 0 saturated heterocycles. The standard InChI is InChI=1S/C16H19NO2/c1-3-19-15-10-6-4-8-13(15)12-17-14-9-5-7-11-16(14)18-2/h4-11,17H,3,12H2,1-2H3. The lowest BCUT2D eigenvalue weighted by Crippen LogP contribution is -2.04. The molecule has 0 radical (unpaired) electrons. The van der Waals surface area contributed by atoms with Crippen LogP contribution in [0.5, 0.6) is 11.5 Å². The van der Waals surface area contributed by atoms with Crippen LogP contribution in [-0.4, -0.2) is 13.7 Å². The van der Waals surface area contributed by atoms with Crippen molar-refractivity contribution in [3.63, 3.8) is 0 Å². The zero-order valence-electron chi connectivity index (χ0n) is 11.3. The Hall–Kier alpha value is -2.16. The molecule has 0 aromatic heterocycles. The summed E-state index contributed by atoms with van der Waals surface area (Å²) >= 11 is 0. The van der Waals surface area contributed by atoms with Crippen LogP contribution in [0.4, 0.5) is 5.69 Å². The average molecular weight is 257 g/mol. The van der Waals surface area contributed by atoms with Crippen LogP contribution in [0.25, 0.3) is 0 Å². The lowest BCUT2D eigenvalue weighted by Gasteiger charge is -2.13. The third-order valence-electron chi connectivity index (χ3n) is 2.85. The lowest BCUT2D eigenvalue weighted by atomic mass is 10.2. The first kappa shape index (κ1) is 13.3. The molecule has 3 heteroatoms. The number of methoxy groups -OCH3 is 1. The summed E-state index contributed by atoms with van der Waals surface area (Å²) in [6.45, 7) is 3.37. The van der Waals surface area contributed by atoms with E-state index in [4.69, 9.17) is 9.47 Å². The van der Waals surface area contributed by atoms with Gasteiger partial charge in [-0.3, -0.25) is 0 Å². The summed E-state index contributed by atoms with van der Waals surface area (Å²) in [5, 5.41) is 3.37. The number of benzene rings is 2. The number of hydrogen-bond acceptors (Lipinski definition) is 3. The Morgan fingerprint density at radius 2 is 1.63 bits per heavy atom. The molecule has 2 aromatic carbocycles. The molecule has 0 heterocycles. The maximum atomic E-state index is 5.61. The van der Waals surface area contributed by atoms with E-state index >= 15 is 0 Å². The molecule has 0 bridgehead atoms. The van der Waals surface area contributed by atoms with Gasteiger partial charge in [0.05, 0.1) is 19.4 Å². The van der Waals surface area contributed by atoms with Gasteiger partial charge in [0.2, 0.25) is 0 Å². The van der Waals surface area contributed by atoms with Crippen molar-refractivity contribution in [1.29, 1.82) is 0 Å². The third-order valence-corrected chi connectivity index (χ3v) is 2.85. The zero-order valence-corrected chi connectivity index (χ0v) is 11.3. The quantitative estimate of drug-likeness (QED) is 0.855. The first-order valence-corrected chi connectivity index (χ1v) is 6.42. The minimum Gasteiger partial charge on any atom is -0.495 e. The van der Waals surface area contributed by atoms with Crippen molar-refractivity contribution in [2.45, 2.75) is 13.5 Å². The Kier molecular flexibility index (Phi) is 4.67. The van der Waals surface area contributed by atoms with Crippen LogP contribution < -0.4 is 14.8 Å². The number of para-hydroxylation sites is 3. The molecule has 0 aliphatic carbocycles. The molecule has 2 aromatic rings. The fraction of sp³-hybridized carbons (Fsp3) is 0.250. The predicted molar refractivity (Wildman–Crippen MR) is 77.9 cm³/mol. The molecule has 2 rings (SSSR count). The minimum atomic E-state index is 0.672. The molecule has 0 aliphatic heterocycles. The summed E-state index contributed by atoms with van der Waals surface area (Å²) in [6.07, 6.45) is 0. The molecule has 3 nitrogen and oxygen atoms in total. The molecule has 1 N–H and O–H groups in total. The highest BCUT2D eigenvalue weighted by atomic mass is 16.5. The Labute approximate surface area is 114 Å². The number of hydrogen-bond donors (Lipinski definition) is 1. The molecule has 0 saturated carbocycles. The normalized spacial score (nSPS) is 10.0. The van der Waals surface area contributed by atoms with Crippen LogP contribution in [0.15, 0.2) is 48.5 Å². The van der Waals surface area contributed by atoms with Crippen LogP contribution in [-0.2, 0) is 6.54 Å². The van der Waals surface area contributed by atoms with E-state index in [-0.39, 0.29) is 0 Å². The highest BCUT2D eigenvalue weighted by Crippen LogP contribution is 2.25. The van der Waals surface area contributed by atoms with Crippen LogP contribution in [0.1, 0.15) is 12.5 Å². The number of rotatable bonds is 6. The van der Waals surface area contributed by atoms with E-state index in [1.165, 1.54) is 0 Å². The van der Waals surface area contributed by atoms with Gasteiger partial charge in [-0.2, -0.15) is 0 Å². The molecule has 0 spiro atoms. The lowest BCUT2D eigenvalue weighted by molar-refractivity contribution is 0.337. The summed E-state index contributed by atoms with van der Waals surface area (Å²) in [7, 11) is 1.68. The summed E-state index contributed by atoms with van der Waals surface area (Å²) in [5.41, 5.74) is 2.12. The van der Waals surface area contributed by atoms with Gasteiger partial charge in [0, 0.05) is 12.1 Å². The molecule has 100 valence electrons. The van der Waals surface area contributed by atoms with Gasteiger partial charge >= 0.3 is 0 Å². The van der Waals surface area contributed by atoms with Gasteiger partial charge in [-0.1, -0.05) is 30.3 Å².